The second-order valence-corrected chi connectivity index (χ2v) is 7.44. The maximum atomic E-state index is 14.0. The largest absolute Gasteiger partial charge is 0.374 e. The van der Waals surface area contributed by atoms with E-state index in [9.17, 15) is 9.18 Å². The van der Waals surface area contributed by atoms with Crippen LogP contribution in [0.3, 0.4) is 0 Å². The first kappa shape index (κ1) is 15.5. The Balaban J connectivity index is 1.57. The normalized spacial score (nSPS) is 18.9. The summed E-state index contributed by atoms with van der Waals surface area (Å²) < 4.78 is 14.0. The molecule has 2 aromatic rings. The first-order valence-corrected chi connectivity index (χ1v) is 9.18. The molecule has 124 valence electrons. The number of carbonyl (C=O) groups is 1. The van der Waals surface area contributed by atoms with Crippen molar-refractivity contribution in [2.75, 3.05) is 24.2 Å². The van der Waals surface area contributed by atoms with Crippen molar-refractivity contribution in [3.8, 4) is 0 Å². The van der Waals surface area contributed by atoms with Crippen molar-refractivity contribution in [3.63, 3.8) is 0 Å². The van der Waals surface area contributed by atoms with Crippen LogP contribution in [-0.4, -0.2) is 25.3 Å². The van der Waals surface area contributed by atoms with Crippen LogP contribution in [0.25, 0.3) is 0 Å². The van der Waals surface area contributed by atoms with E-state index in [1.165, 1.54) is 29.1 Å². The van der Waals surface area contributed by atoms with E-state index in [-0.39, 0.29) is 17.8 Å². The van der Waals surface area contributed by atoms with Crippen LogP contribution in [0, 0.1) is 5.82 Å². The quantitative estimate of drug-likeness (QED) is 0.901. The van der Waals surface area contributed by atoms with E-state index in [4.69, 9.17) is 0 Å². The number of carbonyl (C=O) groups excluding carboxylic acids is 1. The van der Waals surface area contributed by atoms with E-state index in [1.807, 2.05) is 24.3 Å². The number of hydrogen-bond acceptors (Lipinski definition) is 3. The third kappa shape index (κ3) is 2.67. The average Bonchev–Trinajstić information content (AvgIpc) is 2.96. The Morgan fingerprint density at radius 2 is 2.21 bits per heavy atom. The van der Waals surface area contributed by atoms with Crippen molar-refractivity contribution < 1.29 is 9.18 Å². The molecule has 0 aromatic heterocycles. The molecule has 5 heteroatoms. The number of likely N-dealkylation sites (N-methyl/N-ethyl adjacent to an activating group) is 1. The first-order valence-electron chi connectivity index (χ1n) is 8.19. The molecule has 0 saturated heterocycles. The SMILES string of the molecule is CN1CCc2cc(C(=O)N[C@H]3CCSc4c(F)cccc43)ccc21. The van der Waals surface area contributed by atoms with Gasteiger partial charge in [0.2, 0.25) is 0 Å². The van der Waals surface area contributed by atoms with Gasteiger partial charge in [0.25, 0.3) is 5.91 Å². The maximum absolute atomic E-state index is 14.0. The third-order valence-electron chi connectivity index (χ3n) is 4.80. The Hall–Kier alpha value is -2.01. The van der Waals surface area contributed by atoms with Crippen molar-refractivity contribution >= 4 is 23.4 Å². The van der Waals surface area contributed by atoms with Gasteiger partial charge < -0.3 is 10.2 Å². The zero-order chi connectivity index (χ0) is 16.7. The minimum atomic E-state index is -0.197. The van der Waals surface area contributed by atoms with Gasteiger partial charge in [0.05, 0.1) is 6.04 Å². The van der Waals surface area contributed by atoms with Gasteiger partial charge in [-0.3, -0.25) is 4.79 Å². The number of thioether (sulfide) groups is 1. The number of fused-ring (bicyclic) bond motifs is 2. The monoisotopic (exact) mass is 342 g/mol. The molecule has 0 radical (unpaired) electrons. The van der Waals surface area contributed by atoms with Crippen molar-refractivity contribution in [1.29, 1.82) is 0 Å². The van der Waals surface area contributed by atoms with Crippen molar-refractivity contribution in [3.05, 3.63) is 58.9 Å². The molecule has 24 heavy (non-hydrogen) atoms. The van der Waals surface area contributed by atoms with Crippen LogP contribution in [0.4, 0.5) is 10.1 Å². The standard InChI is InChI=1S/C19H19FN2OS/c1-22-9-7-12-11-13(5-6-17(12)22)19(23)21-16-8-10-24-18-14(16)3-2-4-15(18)20/h2-6,11,16H,7-10H2,1H3,(H,21,23)/t16-/m0/s1. The Morgan fingerprint density at radius 3 is 3.08 bits per heavy atom. The van der Waals surface area contributed by atoms with E-state index in [2.05, 4.69) is 17.3 Å². The van der Waals surface area contributed by atoms with Gasteiger partial charge in [0.15, 0.2) is 0 Å². The molecule has 4 rings (SSSR count). The van der Waals surface area contributed by atoms with E-state index in [1.54, 1.807) is 6.07 Å². The zero-order valence-electron chi connectivity index (χ0n) is 13.5. The van der Waals surface area contributed by atoms with Gasteiger partial charge in [-0.1, -0.05) is 12.1 Å². The summed E-state index contributed by atoms with van der Waals surface area (Å²) in [6.45, 7) is 0.993. The molecular weight excluding hydrogens is 323 g/mol. The van der Waals surface area contributed by atoms with Gasteiger partial charge in [0, 0.05) is 35.5 Å². The van der Waals surface area contributed by atoms with E-state index in [0.29, 0.717) is 10.5 Å². The first-order chi connectivity index (χ1) is 11.6. The second kappa shape index (κ2) is 6.13. The summed E-state index contributed by atoms with van der Waals surface area (Å²) in [5.74, 6) is 0.532. The number of hydrogen-bond donors (Lipinski definition) is 1. The van der Waals surface area contributed by atoms with Crippen molar-refractivity contribution in [1.82, 2.24) is 5.32 Å². The fourth-order valence-electron chi connectivity index (χ4n) is 3.49. The topological polar surface area (TPSA) is 32.3 Å². The highest BCUT2D eigenvalue weighted by atomic mass is 32.2. The molecule has 2 aromatic carbocycles. The molecule has 1 N–H and O–H groups in total. The number of amides is 1. The Morgan fingerprint density at radius 1 is 1.33 bits per heavy atom. The highest BCUT2D eigenvalue weighted by molar-refractivity contribution is 7.99. The lowest BCUT2D eigenvalue weighted by Crippen LogP contribution is -2.31. The van der Waals surface area contributed by atoms with Gasteiger partial charge in [0.1, 0.15) is 5.82 Å². The Labute approximate surface area is 145 Å². The molecule has 0 fully saturated rings. The smallest absolute Gasteiger partial charge is 0.251 e. The lowest BCUT2D eigenvalue weighted by Gasteiger charge is -2.26. The molecule has 3 nitrogen and oxygen atoms in total. The molecule has 2 aliphatic heterocycles. The van der Waals surface area contributed by atoms with Crippen LogP contribution in [0.2, 0.25) is 0 Å². The maximum Gasteiger partial charge on any atom is 0.251 e. The third-order valence-corrected chi connectivity index (χ3v) is 5.96. The highest BCUT2D eigenvalue weighted by Crippen LogP contribution is 2.38. The van der Waals surface area contributed by atoms with E-state index < -0.39 is 0 Å². The Kier molecular flexibility index (Phi) is 3.96. The number of nitrogens with one attached hydrogen (secondary N) is 1. The number of halogens is 1. The van der Waals surface area contributed by atoms with Gasteiger partial charge >= 0.3 is 0 Å². The highest BCUT2D eigenvalue weighted by Gasteiger charge is 2.25. The lowest BCUT2D eigenvalue weighted by molar-refractivity contribution is 0.0934. The molecule has 0 spiro atoms. The zero-order valence-corrected chi connectivity index (χ0v) is 14.3. The summed E-state index contributed by atoms with van der Waals surface area (Å²) in [7, 11) is 2.07. The van der Waals surface area contributed by atoms with Crippen LogP contribution in [0.1, 0.15) is 33.9 Å². The van der Waals surface area contributed by atoms with Crippen LogP contribution in [0.5, 0.6) is 0 Å². The molecule has 2 heterocycles. The summed E-state index contributed by atoms with van der Waals surface area (Å²) in [5, 5.41) is 3.09. The number of rotatable bonds is 2. The molecular formula is C19H19FN2OS. The molecule has 0 unspecified atom stereocenters. The van der Waals surface area contributed by atoms with Crippen LogP contribution < -0.4 is 10.2 Å². The average molecular weight is 342 g/mol. The molecule has 2 aliphatic rings. The number of nitrogens with zero attached hydrogens (tertiary/aromatic N) is 1. The molecule has 0 bridgehead atoms. The fraction of sp³-hybridized carbons (Fsp3) is 0.316. The number of benzene rings is 2. The summed E-state index contributed by atoms with van der Waals surface area (Å²) in [5.41, 5.74) is 3.99. The predicted molar refractivity (Wildman–Crippen MR) is 95.4 cm³/mol. The van der Waals surface area contributed by atoms with Gasteiger partial charge in [-0.25, -0.2) is 4.39 Å². The lowest BCUT2D eigenvalue weighted by atomic mass is 10.0. The van der Waals surface area contributed by atoms with Crippen LogP contribution in [-0.2, 0) is 6.42 Å². The predicted octanol–water partition coefficient (Wildman–Crippen LogP) is 3.78. The van der Waals surface area contributed by atoms with Gasteiger partial charge in [-0.2, -0.15) is 0 Å². The minimum Gasteiger partial charge on any atom is -0.374 e. The summed E-state index contributed by atoms with van der Waals surface area (Å²) >= 11 is 1.53. The van der Waals surface area contributed by atoms with Crippen LogP contribution >= 0.6 is 11.8 Å². The molecule has 0 aliphatic carbocycles. The van der Waals surface area contributed by atoms with Gasteiger partial charge in [-0.05, 0) is 48.2 Å². The summed E-state index contributed by atoms with van der Waals surface area (Å²) in [6.07, 6.45) is 1.79. The fourth-order valence-corrected chi connectivity index (χ4v) is 4.63. The Bertz CT molecular complexity index is 808. The van der Waals surface area contributed by atoms with Crippen LogP contribution in [0.15, 0.2) is 41.3 Å². The summed E-state index contributed by atoms with van der Waals surface area (Å²) in [4.78, 5) is 15.5. The van der Waals surface area contributed by atoms with E-state index in [0.717, 1.165) is 30.7 Å². The van der Waals surface area contributed by atoms with E-state index >= 15 is 0 Å². The van der Waals surface area contributed by atoms with Crippen molar-refractivity contribution in [2.45, 2.75) is 23.8 Å². The molecule has 1 amide bonds. The summed E-state index contributed by atoms with van der Waals surface area (Å²) in [6, 6.07) is 10.9. The van der Waals surface area contributed by atoms with Crippen molar-refractivity contribution in [2.24, 2.45) is 0 Å². The molecule has 0 saturated carbocycles. The molecule has 1 atom stereocenters. The minimum absolute atomic E-state index is 0.0838. The van der Waals surface area contributed by atoms with Gasteiger partial charge in [-0.15, -0.1) is 11.8 Å². The number of anilines is 1. The second-order valence-electron chi connectivity index (χ2n) is 6.34.